The van der Waals surface area contributed by atoms with Crippen LogP contribution in [0, 0.1) is 34.3 Å². The van der Waals surface area contributed by atoms with Crippen LogP contribution in [0.25, 0.3) is 0 Å². The number of tetrazole rings is 1. The number of hydrogen-bond donors (Lipinski definition) is 2. The second-order valence-electron chi connectivity index (χ2n) is 9.97. The Morgan fingerprint density at radius 1 is 1.00 bits per heavy atom. The molecule has 0 spiro atoms. The molecule has 0 saturated heterocycles. The number of rotatable bonds is 6. The van der Waals surface area contributed by atoms with E-state index in [1.54, 1.807) is 0 Å². The summed E-state index contributed by atoms with van der Waals surface area (Å²) in [6.45, 7) is -0.897. The van der Waals surface area contributed by atoms with Crippen molar-refractivity contribution in [2.45, 2.75) is 49.6 Å². The molecule has 38 heavy (non-hydrogen) atoms. The van der Waals surface area contributed by atoms with Gasteiger partial charge in [-0.3, -0.25) is 0 Å². The van der Waals surface area contributed by atoms with E-state index in [2.05, 4.69) is 27.4 Å². The number of alkyl halides is 5. The Bertz CT molecular complexity index is 1390. The Morgan fingerprint density at radius 2 is 1.66 bits per heavy atom. The van der Waals surface area contributed by atoms with Crippen molar-refractivity contribution < 1.29 is 40.9 Å². The van der Waals surface area contributed by atoms with Gasteiger partial charge in [-0.2, -0.15) is 13.2 Å². The lowest BCUT2D eigenvalue weighted by atomic mass is 9.32. The van der Waals surface area contributed by atoms with Crippen molar-refractivity contribution in [2.75, 3.05) is 0 Å². The van der Waals surface area contributed by atoms with Crippen molar-refractivity contribution in [1.82, 2.24) is 20.2 Å². The van der Waals surface area contributed by atoms with Gasteiger partial charge >= 0.3 is 6.18 Å². The summed E-state index contributed by atoms with van der Waals surface area (Å²) in [5.41, 5.74) is -6.46. The lowest BCUT2D eigenvalue weighted by molar-refractivity contribution is -0.355. The van der Waals surface area contributed by atoms with Crippen LogP contribution < -0.4 is 0 Å². The average molecular weight is 540 g/mol. The predicted octanol–water partition coefficient (Wildman–Crippen LogP) is 4.29. The maximum Gasteiger partial charge on any atom is 0.418 e. The van der Waals surface area contributed by atoms with Crippen molar-refractivity contribution in [3.8, 4) is 11.8 Å². The highest BCUT2D eigenvalue weighted by Gasteiger charge is 2.81. The van der Waals surface area contributed by atoms with Gasteiger partial charge in [-0.1, -0.05) is 24.0 Å². The van der Waals surface area contributed by atoms with Crippen LogP contribution in [0.3, 0.4) is 0 Å². The Kier molecular flexibility index (Phi) is 5.85. The van der Waals surface area contributed by atoms with Gasteiger partial charge in [0.25, 0.3) is 5.92 Å². The second kappa shape index (κ2) is 8.51. The Labute approximate surface area is 211 Å². The third-order valence-electron chi connectivity index (χ3n) is 7.38. The van der Waals surface area contributed by atoms with E-state index in [4.69, 9.17) is 0 Å². The molecule has 0 radical (unpaired) electrons. The lowest BCUT2D eigenvalue weighted by Crippen LogP contribution is -2.74. The number of hydrogen-bond acceptors (Lipinski definition) is 5. The molecule has 13 heteroatoms. The van der Waals surface area contributed by atoms with Crippen LogP contribution >= 0.6 is 0 Å². The minimum Gasteiger partial charge on any atom is -0.379 e. The first-order valence-electron chi connectivity index (χ1n) is 11.3. The van der Waals surface area contributed by atoms with Crippen molar-refractivity contribution in [2.24, 2.45) is 10.8 Å². The maximum absolute atomic E-state index is 16.1. The Hall–Kier alpha value is -3.50. The van der Waals surface area contributed by atoms with Gasteiger partial charge in [0.2, 0.25) is 0 Å². The highest BCUT2D eigenvalue weighted by atomic mass is 19.4. The zero-order chi connectivity index (χ0) is 27.6. The third kappa shape index (κ3) is 4.03. The molecule has 3 aromatic rings. The number of benzene rings is 2. The van der Waals surface area contributed by atoms with Crippen molar-refractivity contribution in [3.05, 3.63) is 77.1 Å². The van der Waals surface area contributed by atoms with E-state index < -0.39 is 58.4 Å². The molecule has 1 aromatic heterocycles. The molecular weight excluding hydrogens is 521 g/mol. The fourth-order valence-corrected chi connectivity index (χ4v) is 5.50. The van der Waals surface area contributed by atoms with Gasteiger partial charge < -0.3 is 10.2 Å². The summed E-state index contributed by atoms with van der Waals surface area (Å²) in [4.78, 5) is 0. The van der Waals surface area contributed by atoms with Crippen LogP contribution in [-0.4, -0.2) is 42.5 Å². The summed E-state index contributed by atoms with van der Waals surface area (Å²) in [7, 11) is 0. The summed E-state index contributed by atoms with van der Waals surface area (Å²) >= 11 is 0. The highest BCUT2D eigenvalue weighted by Crippen LogP contribution is 2.80. The minimum atomic E-state index is -4.82. The molecule has 0 aliphatic heterocycles. The van der Waals surface area contributed by atoms with E-state index in [0.29, 0.717) is 11.6 Å². The number of aliphatic hydroxyl groups is 2. The molecule has 1 heterocycles. The Balaban J connectivity index is 1.37. The zero-order valence-corrected chi connectivity index (χ0v) is 19.4. The first kappa shape index (κ1) is 26.1. The molecular formula is C25H19F7N4O2. The first-order valence-corrected chi connectivity index (χ1v) is 11.3. The van der Waals surface area contributed by atoms with E-state index in [1.807, 2.05) is 0 Å². The summed E-state index contributed by atoms with van der Waals surface area (Å²) in [6, 6.07) is 6.68. The zero-order valence-electron chi connectivity index (χ0n) is 19.4. The van der Waals surface area contributed by atoms with Crippen LogP contribution in [0.2, 0.25) is 0 Å². The Morgan fingerprint density at radius 3 is 2.21 bits per heavy atom. The molecule has 2 N–H and O–H groups in total. The van der Waals surface area contributed by atoms with E-state index in [1.165, 1.54) is 12.1 Å². The SMILES string of the molecule is O[C@H](c1ccc(C#CC23CC(C(F)(F)[C@](O)(Cn4cnnn4)c4ccc(F)cc4F)(C2)C3)cc1)C(F)(F)F. The third-order valence-corrected chi connectivity index (χ3v) is 7.38. The fourth-order valence-electron chi connectivity index (χ4n) is 5.50. The van der Waals surface area contributed by atoms with Crippen LogP contribution in [0.4, 0.5) is 30.7 Å². The van der Waals surface area contributed by atoms with Crippen LogP contribution in [0.5, 0.6) is 0 Å². The first-order chi connectivity index (χ1) is 17.7. The van der Waals surface area contributed by atoms with Crippen molar-refractivity contribution in [3.63, 3.8) is 0 Å². The van der Waals surface area contributed by atoms with Gasteiger partial charge in [-0.25, -0.2) is 22.2 Å². The van der Waals surface area contributed by atoms with E-state index >= 15 is 8.78 Å². The minimum absolute atomic E-state index is 0.119. The molecule has 3 saturated carbocycles. The number of halogens is 7. The molecule has 0 unspecified atom stereocenters. The molecule has 200 valence electrons. The largest absolute Gasteiger partial charge is 0.418 e. The van der Waals surface area contributed by atoms with Gasteiger partial charge in [0.1, 0.15) is 18.0 Å². The van der Waals surface area contributed by atoms with E-state index in [0.717, 1.165) is 35.3 Å². The average Bonchev–Trinajstić information content (AvgIpc) is 3.29. The summed E-state index contributed by atoms with van der Waals surface area (Å²) in [5.74, 6) is -0.580. The summed E-state index contributed by atoms with van der Waals surface area (Å²) < 4.78 is 99.2. The molecule has 3 aliphatic rings. The molecule has 3 fully saturated rings. The smallest absolute Gasteiger partial charge is 0.379 e. The number of aliphatic hydroxyl groups excluding tert-OH is 1. The van der Waals surface area contributed by atoms with Gasteiger partial charge in [0, 0.05) is 28.0 Å². The molecule has 6 nitrogen and oxygen atoms in total. The molecule has 6 rings (SSSR count). The van der Waals surface area contributed by atoms with Gasteiger partial charge in [0.05, 0.1) is 6.54 Å². The van der Waals surface area contributed by atoms with Gasteiger partial charge in [-0.15, -0.1) is 5.10 Å². The predicted molar refractivity (Wildman–Crippen MR) is 116 cm³/mol. The van der Waals surface area contributed by atoms with Crippen LogP contribution in [-0.2, 0) is 12.1 Å². The van der Waals surface area contributed by atoms with Crippen molar-refractivity contribution in [1.29, 1.82) is 0 Å². The quantitative estimate of drug-likeness (QED) is 0.360. The molecule has 2 atom stereocenters. The molecule has 2 bridgehead atoms. The second-order valence-corrected chi connectivity index (χ2v) is 9.97. The van der Waals surface area contributed by atoms with E-state index in [9.17, 15) is 32.2 Å². The summed E-state index contributed by atoms with van der Waals surface area (Å²) in [5, 5.41) is 30.9. The normalized spacial score (nSPS) is 24.9. The number of nitrogens with zero attached hydrogens (tertiary/aromatic N) is 4. The topological polar surface area (TPSA) is 84.1 Å². The standard InChI is InChI=1S/C25H19F7N4O2/c26-17-5-6-18(19(27)9-17)23(38,13-36-14-33-34-35-36)25(31,32)22-10-21(11-22,12-22)8-7-15-1-3-16(4-2-15)20(37)24(28,29)30/h1-6,9,14,20,37-38H,10-13H2/t20-,21?,22?,23+/m1/s1. The van der Waals surface area contributed by atoms with Gasteiger partial charge in [0.15, 0.2) is 11.7 Å². The van der Waals surface area contributed by atoms with Crippen molar-refractivity contribution >= 4 is 0 Å². The van der Waals surface area contributed by atoms with E-state index in [-0.39, 0.29) is 24.8 Å². The monoisotopic (exact) mass is 540 g/mol. The van der Waals surface area contributed by atoms with Crippen LogP contribution in [0.15, 0.2) is 48.8 Å². The van der Waals surface area contributed by atoms with Gasteiger partial charge in [-0.05, 0) is 59.5 Å². The fraction of sp³-hybridized carbons (Fsp3) is 0.400. The van der Waals surface area contributed by atoms with Crippen LogP contribution in [0.1, 0.15) is 42.1 Å². The molecule has 3 aliphatic carbocycles. The highest BCUT2D eigenvalue weighted by molar-refractivity contribution is 5.43. The maximum atomic E-state index is 16.1. The molecule has 0 amide bonds. The number of aromatic nitrogens is 4. The molecule has 2 aromatic carbocycles. The summed E-state index contributed by atoms with van der Waals surface area (Å²) in [6.07, 6.45) is -6.83. The lowest BCUT2D eigenvalue weighted by Gasteiger charge is -2.72.